The van der Waals surface area contributed by atoms with Crippen LogP contribution in [0.3, 0.4) is 0 Å². The smallest absolute Gasteiger partial charge is 0.0897 e. The molecule has 9 heavy (non-hydrogen) atoms. The molecule has 1 heterocycles. The van der Waals surface area contributed by atoms with Gasteiger partial charge in [-0.15, -0.1) is 0 Å². The van der Waals surface area contributed by atoms with Gasteiger partial charge < -0.3 is 0 Å². The number of hydrogen-bond acceptors (Lipinski definition) is 1. The molecule has 0 atom stereocenters. The van der Waals surface area contributed by atoms with Gasteiger partial charge in [0, 0.05) is 12.6 Å². The van der Waals surface area contributed by atoms with Crippen LogP contribution >= 0.6 is 0 Å². The van der Waals surface area contributed by atoms with Crippen molar-refractivity contribution in [2.45, 2.75) is 20.3 Å². The SMILES string of the molecule is CCc1[c]n(C)nc1C. The van der Waals surface area contributed by atoms with E-state index in [9.17, 15) is 0 Å². The van der Waals surface area contributed by atoms with Gasteiger partial charge in [-0.2, -0.15) is 5.10 Å². The fourth-order valence-corrected chi connectivity index (χ4v) is 0.921. The highest BCUT2D eigenvalue weighted by atomic mass is 15.2. The predicted molar refractivity (Wildman–Crippen MR) is 36.2 cm³/mol. The zero-order valence-corrected chi connectivity index (χ0v) is 6.10. The van der Waals surface area contributed by atoms with Gasteiger partial charge in [-0.1, -0.05) is 6.92 Å². The van der Waals surface area contributed by atoms with Crippen LogP contribution in [0.15, 0.2) is 0 Å². The van der Waals surface area contributed by atoms with Crippen molar-refractivity contribution in [1.82, 2.24) is 9.78 Å². The van der Waals surface area contributed by atoms with Crippen LogP contribution in [-0.2, 0) is 13.5 Å². The lowest BCUT2D eigenvalue weighted by Crippen LogP contribution is -1.86. The van der Waals surface area contributed by atoms with Crippen molar-refractivity contribution < 1.29 is 0 Å². The maximum atomic E-state index is 4.14. The minimum absolute atomic E-state index is 1.03. The summed E-state index contributed by atoms with van der Waals surface area (Å²) in [5, 5.41) is 4.14. The molecule has 0 N–H and O–H groups in total. The van der Waals surface area contributed by atoms with Gasteiger partial charge in [0.1, 0.15) is 0 Å². The van der Waals surface area contributed by atoms with Gasteiger partial charge in [0.25, 0.3) is 0 Å². The van der Waals surface area contributed by atoms with Crippen LogP contribution in [0.2, 0.25) is 0 Å². The zero-order valence-electron chi connectivity index (χ0n) is 6.10. The van der Waals surface area contributed by atoms with Gasteiger partial charge in [0.05, 0.1) is 11.9 Å². The largest absolute Gasteiger partial charge is 0.266 e. The summed E-state index contributed by atoms with van der Waals surface area (Å²) < 4.78 is 1.73. The third kappa shape index (κ3) is 1.12. The summed E-state index contributed by atoms with van der Waals surface area (Å²) in [5.74, 6) is 0. The quantitative estimate of drug-likeness (QED) is 0.546. The van der Waals surface area contributed by atoms with Crippen LogP contribution in [0.1, 0.15) is 18.2 Å². The summed E-state index contributed by atoms with van der Waals surface area (Å²) in [6.45, 7) is 4.12. The van der Waals surface area contributed by atoms with E-state index in [0.29, 0.717) is 0 Å². The molecule has 0 aliphatic heterocycles. The first-order valence-corrected chi connectivity index (χ1v) is 3.16. The van der Waals surface area contributed by atoms with Crippen molar-refractivity contribution in [2.75, 3.05) is 0 Å². The van der Waals surface area contributed by atoms with E-state index in [-0.39, 0.29) is 0 Å². The number of rotatable bonds is 1. The predicted octanol–water partition coefficient (Wildman–Crippen LogP) is 1.09. The molecule has 1 rings (SSSR count). The van der Waals surface area contributed by atoms with E-state index < -0.39 is 0 Å². The van der Waals surface area contributed by atoms with E-state index in [1.807, 2.05) is 14.0 Å². The Labute approximate surface area is 55.5 Å². The third-order valence-corrected chi connectivity index (χ3v) is 1.39. The second kappa shape index (κ2) is 2.21. The van der Waals surface area contributed by atoms with Gasteiger partial charge in [-0.3, -0.25) is 4.68 Å². The Morgan fingerprint density at radius 3 is 2.56 bits per heavy atom. The third-order valence-electron chi connectivity index (χ3n) is 1.39. The summed E-state index contributed by atoms with van der Waals surface area (Å²) >= 11 is 0. The van der Waals surface area contributed by atoms with Crippen molar-refractivity contribution in [2.24, 2.45) is 7.05 Å². The number of nitrogens with zero attached hydrogens (tertiary/aromatic N) is 2. The van der Waals surface area contributed by atoms with E-state index in [1.54, 1.807) is 4.68 Å². The monoisotopic (exact) mass is 123 g/mol. The lowest BCUT2D eigenvalue weighted by Gasteiger charge is -1.84. The Hall–Kier alpha value is -0.790. The summed E-state index contributed by atoms with van der Waals surface area (Å²) in [7, 11) is 1.90. The molecular weight excluding hydrogens is 112 g/mol. The Kier molecular flexibility index (Phi) is 1.56. The minimum Gasteiger partial charge on any atom is -0.266 e. The molecule has 1 aromatic rings. The van der Waals surface area contributed by atoms with Gasteiger partial charge in [0.2, 0.25) is 0 Å². The fourth-order valence-electron chi connectivity index (χ4n) is 0.921. The molecule has 0 aromatic carbocycles. The molecule has 0 bridgehead atoms. The lowest BCUT2D eigenvalue weighted by molar-refractivity contribution is 0.750. The van der Waals surface area contributed by atoms with E-state index in [0.717, 1.165) is 12.1 Å². The van der Waals surface area contributed by atoms with Crippen LogP contribution < -0.4 is 0 Å². The molecule has 1 radical (unpaired) electrons. The molecule has 0 spiro atoms. The van der Waals surface area contributed by atoms with Crippen molar-refractivity contribution in [3.63, 3.8) is 0 Å². The molecule has 0 amide bonds. The summed E-state index contributed by atoms with van der Waals surface area (Å²) in [6.07, 6.45) is 4.13. The van der Waals surface area contributed by atoms with E-state index in [1.165, 1.54) is 5.56 Å². The molecular formula is C7H11N2. The molecule has 49 valence electrons. The molecule has 0 unspecified atom stereocenters. The van der Waals surface area contributed by atoms with Gasteiger partial charge in [-0.05, 0) is 13.3 Å². The zero-order chi connectivity index (χ0) is 6.85. The van der Waals surface area contributed by atoms with Gasteiger partial charge in [0.15, 0.2) is 0 Å². The van der Waals surface area contributed by atoms with E-state index >= 15 is 0 Å². The van der Waals surface area contributed by atoms with Crippen molar-refractivity contribution >= 4 is 0 Å². The normalized spacial score (nSPS) is 10.1. The van der Waals surface area contributed by atoms with Crippen LogP contribution in [0.4, 0.5) is 0 Å². The number of hydrogen-bond donors (Lipinski definition) is 0. The lowest BCUT2D eigenvalue weighted by atomic mass is 10.2. The molecule has 0 aliphatic carbocycles. The first-order chi connectivity index (χ1) is 4.24. The molecule has 2 nitrogen and oxygen atoms in total. The second-order valence-electron chi connectivity index (χ2n) is 2.15. The topological polar surface area (TPSA) is 17.8 Å². The molecule has 0 aliphatic rings. The highest BCUT2D eigenvalue weighted by molar-refractivity contribution is 5.12. The van der Waals surface area contributed by atoms with Crippen LogP contribution in [0, 0.1) is 13.1 Å². The van der Waals surface area contributed by atoms with E-state index in [2.05, 4.69) is 18.2 Å². The fraction of sp³-hybridized carbons (Fsp3) is 0.571. The van der Waals surface area contributed by atoms with E-state index in [4.69, 9.17) is 0 Å². The molecule has 1 aromatic heterocycles. The first-order valence-electron chi connectivity index (χ1n) is 3.16. The van der Waals surface area contributed by atoms with Gasteiger partial charge >= 0.3 is 0 Å². The average Bonchev–Trinajstić information content (AvgIpc) is 2.10. The van der Waals surface area contributed by atoms with Crippen molar-refractivity contribution in [3.8, 4) is 0 Å². The van der Waals surface area contributed by atoms with Crippen molar-refractivity contribution in [3.05, 3.63) is 17.5 Å². The summed E-state index contributed by atoms with van der Waals surface area (Å²) in [4.78, 5) is 0. The summed E-state index contributed by atoms with van der Waals surface area (Å²) in [6, 6.07) is 0. The van der Waals surface area contributed by atoms with Crippen LogP contribution in [0.25, 0.3) is 0 Å². The highest BCUT2D eigenvalue weighted by Gasteiger charge is 1.98. The van der Waals surface area contributed by atoms with Gasteiger partial charge in [-0.25, -0.2) is 0 Å². The highest BCUT2D eigenvalue weighted by Crippen LogP contribution is 2.02. The van der Waals surface area contributed by atoms with Crippen LogP contribution in [0.5, 0.6) is 0 Å². The second-order valence-corrected chi connectivity index (χ2v) is 2.15. The number of aryl methyl sites for hydroxylation is 3. The number of aromatic nitrogens is 2. The Morgan fingerprint density at radius 1 is 1.67 bits per heavy atom. The summed E-state index contributed by atoms with van der Waals surface area (Å²) in [5.41, 5.74) is 2.32. The molecule has 0 fully saturated rings. The van der Waals surface area contributed by atoms with Crippen LogP contribution in [-0.4, -0.2) is 9.78 Å². The standard InChI is InChI=1S/C7H11N2/c1-4-7-5-9(3)8-6(7)2/h4H2,1-3H3. The Bertz CT molecular complexity index is 201. The minimum atomic E-state index is 1.03. The Balaban J connectivity index is 3.01. The average molecular weight is 123 g/mol. The molecule has 0 saturated heterocycles. The Morgan fingerprint density at radius 2 is 2.33 bits per heavy atom. The molecule has 2 heteroatoms. The maximum absolute atomic E-state index is 4.14. The maximum Gasteiger partial charge on any atom is 0.0897 e. The molecule has 0 saturated carbocycles. The first kappa shape index (κ1) is 6.33. The van der Waals surface area contributed by atoms with Crippen molar-refractivity contribution in [1.29, 1.82) is 0 Å².